The van der Waals surface area contributed by atoms with Crippen LogP contribution in [0.25, 0.3) is 11.5 Å². The number of pyridine rings is 1. The topological polar surface area (TPSA) is 99.1 Å². The number of nitro benzene ring substituents is 1. The zero-order valence-electron chi connectivity index (χ0n) is 15.0. The van der Waals surface area contributed by atoms with Crippen LogP contribution in [0.1, 0.15) is 41.9 Å². The molecule has 0 spiro atoms. The molecule has 0 radical (unpaired) electrons. The van der Waals surface area contributed by atoms with Crippen LogP contribution in [-0.2, 0) is 0 Å². The lowest BCUT2D eigenvalue weighted by molar-refractivity contribution is -0.384. The largest absolute Gasteiger partial charge is 0.432 e. The number of nitro groups is 1. The predicted octanol–water partition coefficient (Wildman–Crippen LogP) is 4.44. The number of hydrogen-bond acceptors (Lipinski definition) is 6. The monoisotopic (exact) mass is 375 g/mol. The van der Waals surface area contributed by atoms with E-state index in [1.165, 1.54) is 18.3 Å². The lowest BCUT2D eigenvalue weighted by atomic mass is 10.1. The molecule has 0 aliphatic heterocycles. The Kier molecular flexibility index (Phi) is 6.26. The van der Waals surface area contributed by atoms with E-state index in [1.54, 1.807) is 30.5 Å². The van der Waals surface area contributed by atoms with Crippen molar-refractivity contribution in [3.8, 4) is 23.3 Å². The Bertz CT molecular complexity index is 1030. The minimum Gasteiger partial charge on any atom is -0.432 e. The molecule has 2 aromatic heterocycles. The highest BCUT2D eigenvalue weighted by atomic mass is 16.6. The molecule has 28 heavy (non-hydrogen) atoms. The third-order valence-electron chi connectivity index (χ3n) is 3.91. The fraction of sp³-hybridized carbons (Fsp3) is 0.190. The summed E-state index contributed by atoms with van der Waals surface area (Å²) in [6.07, 6.45) is 5.46. The first kappa shape index (κ1) is 19.0. The van der Waals surface area contributed by atoms with Crippen LogP contribution in [0.3, 0.4) is 0 Å². The van der Waals surface area contributed by atoms with E-state index in [0.717, 1.165) is 6.42 Å². The first-order valence-corrected chi connectivity index (χ1v) is 8.77. The molecule has 2 heterocycles. The molecule has 3 rings (SSSR count). The molecule has 0 atom stereocenters. The average Bonchev–Trinajstić information content (AvgIpc) is 3.22. The van der Waals surface area contributed by atoms with Gasteiger partial charge >= 0.3 is 0 Å². The van der Waals surface area contributed by atoms with Crippen LogP contribution >= 0.6 is 0 Å². The second-order valence-electron chi connectivity index (χ2n) is 5.98. The van der Waals surface area contributed by atoms with Gasteiger partial charge in [0.2, 0.25) is 5.78 Å². The van der Waals surface area contributed by atoms with Gasteiger partial charge in [0.05, 0.1) is 11.1 Å². The zero-order valence-corrected chi connectivity index (χ0v) is 15.0. The second kappa shape index (κ2) is 9.24. The van der Waals surface area contributed by atoms with Gasteiger partial charge in [0.1, 0.15) is 5.69 Å². The van der Waals surface area contributed by atoms with E-state index in [2.05, 4.69) is 21.8 Å². The normalized spacial score (nSPS) is 10.1. The Hall–Kier alpha value is -3.79. The Morgan fingerprint density at radius 3 is 2.82 bits per heavy atom. The molecule has 140 valence electrons. The van der Waals surface area contributed by atoms with Crippen LogP contribution in [0.15, 0.2) is 59.3 Å². The molecule has 0 N–H and O–H groups in total. The maximum absolute atomic E-state index is 12.2. The molecule has 0 fully saturated rings. The molecule has 0 saturated carbocycles. The summed E-state index contributed by atoms with van der Waals surface area (Å²) in [7, 11) is 0. The number of carbonyl (C=O) groups is 1. The molecule has 7 heteroatoms. The number of ketones is 1. The molecular formula is C21H17N3O4. The van der Waals surface area contributed by atoms with Gasteiger partial charge in [-0.15, -0.1) is 0 Å². The number of oxazole rings is 1. The molecule has 0 amide bonds. The first-order chi connectivity index (χ1) is 13.6. The number of aromatic nitrogens is 2. The standard InChI is InChI=1S/C21H17N3O4/c25-19(21-23-15-20(28-21)18-11-5-6-13-22-18)12-4-2-1-3-8-16-9-7-10-17(14-16)24(26)27/h5-7,9-11,13-15H,1-2,4,12H2. The minimum atomic E-state index is -0.446. The summed E-state index contributed by atoms with van der Waals surface area (Å²) in [6.45, 7) is 0. The van der Waals surface area contributed by atoms with E-state index in [4.69, 9.17) is 4.42 Å². The van der Waals surface area contributed by atoms with E-state index in [9.17, 15) is 14.9 Å². The van der Waals surface area contributed by atoms with E-state index < -0.39 is 4.92 Å². The van der Waals surface area contributed by atoms with E-state index in [0.29, 0.717) is 36.3 Å². The Balaban J connectivity index is 1.45. The summed E-state index contributed by atoms with van der Waals surface area (Å²) in [4.78, 5) is 30.7. The van der Waals surface area contributed by atoms with Crippen molar-refractivity contribution in [2.45, 2.75) is 25.7 Å². The average molecular weight is 375 g/mol. The molecule has 0 unspecified atom stereocenters. The Labute approximate surface area is 161 Å². The third-order valence-corrected chi connectivity index (χ3v) is 3.91. The fourth-order valence-corrected chi connectivity index (χ4v) is 2.50. The molecule has 0 saturated heterocycles. The highest BCUT2D eigenvalue weighted by molar-refractivity contribution is 5.91. The van der Waals surface area contributed by atoms with Gasteiger partial charge in [-0.3, -0.25) is 19.9 Å². The van der Waals surface area contributed by atoms with Crippen LogP contribution in [0.5, 0.6) is 0 Å². The number of benzene rings is 1. The van der Waals surface area contributed by atoms with E-state index in [-0.39, 0.29) is 17.4 Å². The quantitative estimate of drug-likeness (QED) is 0.199. The molecule has 3 aromatic rings. The van der Waals surface area contributed by atoms with E-state index in [1.807, 2.05) is 6.07 Å². The Morgan fingerprint density at radius 2 is 2.04 bits per heavy atom. The molecule has 0 aliphatic carbocycles. The molecular weight excluding hydrogens is 358 g/mol. The number of Topliss-reactive ketones (excluding diaryl/α,β-unsaturated/α-hetero) is 1. The zero-order chi connectivity index (χ0) is 19.8. The van der Waals surface area contributed by atoms with Crippen LogP contribution in [0, 0.1) is 22.0 Å². The van der Waals surface area contributed by atoms with Gasteiger partial charge < -0.3 is 4.42 Å². The van der Waals surface area contributed by atoms with Gasteiger partial charge in [-0.25, -0.2) is 4.98 Å². The van der Waals surface area contributed by atoms with Gasteiger partial charge in [-0.05, 0) is 31.0 Å². The number of carbonyl (C=O) groups excluding carboxylic acids is 1. The van der Waals surface area contributed by atoms with Crippen molar-refractivity contribution in [3.63, 3.8) is 0 Å². The first-order valence-electron chi connectivity index (χ1n) is 8.77. The summed E-state index contributed by atoms with van der Waals surface area (Å²) < 4.78 is 5.49. The SMILES string of the molecule is O=C(CCCCC#Cc1cccc([N+](=O)[O-])c1)c1ncc(-c2ccccn2)o1. The van der Waals surface area contributed by atoms with Crippen molar-refractivity contribution < 1.29 is 14.1 Å². The van der Waals surface area contributed by atoms with Crippen molar-refractivity contribution in [2.75, 3.05) is 0 Å². The summed E-state index contributed by atoms with van der Waals surface area (Å²) in [5.74, 6) is 6.27. The van der Waals surface area contributed by atoms with Gasteiger partial charge in [-0.2, -0.15) is 0 Å². The third kappa shape index (κ3) is 5.11. The number of nitrogens with zero attached hydrogens (tertiary/aromatic N) is 3. The predicted molar refractivity (Wildman–Crippen MR) is 103 cm³/mol. The van der Waals surface area contributed by atoms with Gasteiger partial charge in [0.25, 0.3) is 11.6 Å². The van der Waals surface area contributed by atoms with E-state index >= 15 is 0 Å². The van der Waals surface area contributed by atoms with Crippen molar-refractivity contribution in [2.24, 2.45) is 0 Å². The minimum absolute atomic E-state index is 0.0217. The molecule has 0 bridgehead atoms. The highest BCUT2D eigenvalue weighted by Gasteiger charge is 2.14. The molecule has 7 nitrogen and oxygen atoms in total. The Morgan fingerprint density at radius 1 is 1.14 bits per heavy atom. The van der Waals surface area contributed by atoms with Crippen molar-refractivity contribution in [3.05, 3.63) is 76.4 Å². The summed E-state index contributed by atoms with van der Waals surface area (Å²) in [5.41, 5.74) is 1.26. The smallest absolute Gasteiger partial charge is 0.270 e. The lowest BCUT2D eigenvalue weighted by Crippen LogP contribution is -1.98. The molecule has 0 aliphatic rings. The van der Waals surface area contributed by atoms with Gasteiger partial charge in [0, 0.05) is 36.7 Å². The maximum atomic E-state index is 12.2. The van der Waals surface area contributed by atoms with Crippen LogP contribution in [0.2, 0.25) is 0 Å². The fourth-order valence-electron chi connectivity index (χ4n) is 2.50. The van der Waals surface area contributed by atoms with Crippen molar-refractivity contribution in [1.29, 1.82) is 0 Å². The number of hydrogen-bond donors (Lipinski definition) is 0. The number of rotatable bonds is 7. The number of unbranched alkanes of at least 4 members (excludes halogenated alkanes) is 2. The van der Waals surface area contributed by atoms with Crippen LogP contribution in [-0.4, -0.2) is 20.7 Å². The van der Waals surface area contributed by atoms with Crippen molar-refractivity contribution in [1.82, 2.24) is 9.97 Å². The van der Waals surface area contributed by atoms with Crippen LogP contribution in [0.4, 0.5) is 5.69 Å². The summed E-state index contributed by atoms with van der Waals surface area (Å²) >= 11 is 0. The summed E-state index contributed by atoms with van der Waals surface area (Å²) in [5, 5.41) is 10.7. The summed E-state index contributed by atoms with van der Waals surface area (Å²) in [6, 6.07) is 11.6. The number of non-ortho nitro benzene ring substituents is 1. The van der Waals surface area contributed by atoms with Gasteiger partial charge in [-0.1, -0.05) is 24.0 Å². The highest BCUT2D eigenvalue weighted by Crippen LogP contribution is 2.18. The van der Waals surface area contributed by atoms with Crippen molar-refractivity contribution >= 4 is 11.5 Å². The lowest BCUT2D eigenvalue weighted by Gasteiger charge is -1.96. The van der Waals surface area contributed by atoms with Gasteiger partial charge in [0.15, 0.2) is 5.76 Å². The maximum Gasteiger partial charge on any atom is 0.270 e. The second-order valence-corrected chi connectivity index (χ2v) is 5.98. The molecule has 1 aromatic carbocycles. The van der Waals surface area contributed by atoms with Crippen LogP contribution < -0.4 is 0 Å².